The Bertz CT molecular complexity index is 634. The molecular weight excluding hydrogens is 419 g/mol. The molecule has 0 amide bonds. The normalized spacial score (nSPS) is 11.0. The van der Waals surface area contributed by atoms with E-state index in [1.165, 1.54) is 5.56 Å². The number of aliphatic imine (C=N–C) groups is 1. The van der Waals surface area contributed by atoms with Crippen LogP contribution in [0.5, 0.6) is 5.75 Å². The number of benzene rings is 1. The number of hydrogen-bond donors (Lipinski definition) is 2. The van der Waals surface area contributed by atoms with Gasteiger partial charge in [-0.1, -0.05) is 17.3 Å². The third kappa shape index (κ3) is 6.03. The quantitative estimate of drug-likeness (QED) is 0.390. The Morgan fingerprint density at radius 1 is 1.25 bits per heavy atom. The molecule has 0 aliphatic heterocycles. The molecule has 0 spiro atoms. The molecule has 6 nitrogen and oxygen atoms in total. The highest BCUT2D eigenvalue weighted by atomic mass is 127. The fraction of sp³-hybridized carbons (Fsp3) is 0.412. The summed E-state index contributed by atoms with van der Waals surface area (Å²) in [6.07, 6.45) is 1.66. The minimum absolute atomic E-state index is 0. The van der Waals surface area contributed by atoms with Crippen LogP contribution >= 0.6 is 24.0 Å². The van der Waals surface area contributed by atoms with Gasteiger partial charge in [0.25, 0.3) is 0 Å². The Hall–Kier alpha value is -1.77. The van der Waals surface area contributed by atoms with Crippen LogP contribution in [0.1, 0.15) is 22.6 Å². The van der Waals surface area contributed by atoms with E-state index in [2.05, 4.69) is 15.5 Å². The summed E-state index contributed by atoms with van der Waals surface area (Å²) >= 11 is 0. The number of nitrogens with one attached hydrogen (secondary N) is 1. The molecule has 2 rings (SSSR count). The summed E-state index contributed by atoms with van der Waals surface area (Å²) in [6.45, 7) is 5.21. The molecule has 0 bridgehead atoms. The minimum atomic E-state index is 0. The van der Waals surface area contributed by atoms with E-state index in [0.29, 0.717) is 12.5 Å². The molecule has 0 aliphatic carbocycles. The lowest BCUT2D eigenvalue weighted by Gasteiger charge is -2.06. The molecule has 1 heterocycles. The molecule has 132 valence electrons. The first-order valence-corrected chi connectivity index (χ1v) is 7.68. The van der Waals surface area contributed by atoms with E-state index in [0.717, 1.165) is 42.2 Å². The standard InChI is InChI=1S/C17H24N4O2.HI/c1-12-16(13(2)23-21-12)9-11-20-17(18)19-10-8-14-4-6-15(22-3)7-5-14;/h4-7H,8-11H2,1-3H3,(H3,18,19,20);1H. The smallest absolute Gasteiger partial charge is 0.188 e. The van der Waals surface area contributed by atoms with Crippen molar-refractivity contribution in [1.82, 2.24) is 10.5 Å². The molecule has 3 N–H and O–H groups in total. The van der Waals surface area contributed by atoms with Crippen molar-refractivity contribution >= 4 is 29.9 Å². The predicted octanol–water partition coefficient (Wildman–Crippen LogP) is 2.61. The number of nitrogens with zero attached hydrogens (tertiary/aromatic N) is 2. The summed E-state index contributed by atoms with van der Waals surface area (Å²) in [5, 5.41) is 7.06. The fourth-order valence-electron chi connectivity index (χ4n) is 2.33. The zero-order chi connectivity index (χ0) is 16.7. The van der Waals surface area contributed by atoms with Gasteiger partial charge in [0, 0.05) is 18.7 Å². The monoisotopic (exact) mass is 444 g/mol. The maximum absolute atomic E-state index is 5.88. The van der Waals surface area contributed by atoms with Crippen molar-refractivity contribution in [3.05, 3.63) is 46.8 Å². The van der Waals surface area contributed by atoms with E-state index >= 15 is 0 Å². The number of rotatable bonds is 7. The van der Waals surface area contributed by atoms with Crippen molar-refractivity contribution in [2.75, 3.05) is 20.2 Å². The first-order valence-electron chi connectivity index (χ1n) is 7.68. The van der Waals surface area contributed by atoms with Gasteiger partial charge in [-0.05, 0) is 44.4 Å². The Balaban J connectivity index is 0.00000288. The summed E-state index contributed by atoms with van der Waals surface area (Å²) in [6, 6.07) is 8.00. The number of aryl methyl sites for hydroxylation is 2. The van der Waals surface area contributed by atoms with Crippen molar-refractivity contribution in [3.63, 3.8) is 0 Å². The Morgan fingerprint density at radius 3 is 2.54 bits per heavy atom. The van der Waals surface area contributed by atoms with Crippen LogP contribution in [-0.2, 0) is 12.8 Å². The number of nitrogens with two attached hydrogens (primary N) is 1. The zero-order valence-corrected chi connectivity index (χ0v) is 16.7. The number of ether oxygens (including phenoxy) is 1. The van der Waals surface area contributed by atoms with E-state index in [9.17, 15) is 0 Å². The second-order valence-electron chi connectivity index (χ2n) is 5.34. The molecule has 1 aromatic heterocycles. The van der Waals surface area contributed by atoms with Crippen molar-refractivity contribution in [3.8, 4) is 5.75 Å². The van der Waals surface area contributed by atoms with Gasteiger partial charge in [-0.15, -0.1) is 24.0 Å². The largest absolute Gasteiger partial charge is 0.497 e. The topological polar surface area (TPSA) is 85.7 Å². The van der Waals surface area contributed by atoms with Crippen LogP contribution < -0.4 is 15.8 Å². The molecule has 0 fully saturated rings. The summed E-state index contributed by atoms with van der Waals surface area (Å²) in [5.41, 5.74) is 9.13. The molecule has 0 aliphatic rings. The molecule has 0 saturated carbocycles. The molecule has 0 unspecified atom stereocenters. The maximum atomic E-state index is 5.88. The molecule has 2 aromatic rings. The van der Waals surface area contributed by atoms with Crippen molar-refractivity contribution < 1.29 is 9.26 Å². The second kappa shape index (κ2) is 10.2. The van der Waals surface area contributed by atoms with Crippen LogP contribution in [0, 0.1) is 13.8 Å². The zero-order valence-electron chi connectivity index (χ0n) is 14.3. The van der Waals surface area contributed by atoms with Crippen LogP contribution in [-0.4, -0.2) is 31.3 Å². The van der Waals surface area contributed by atoms with Crippen LogP contribution in [0.15, 0.2) is 33.8 Å². The van der Waals surface area contributed by atoms with Crippen LogP contribution in [0.25, 0.3) is 0 Å². The van der Waals surface area contributed by atoms with Crippen molar-refractivity contribution in [1.29, 1.82) is 0 Å². The molecule has 1 aromatic carbocycles. The number of hydrogen-bond acceptors (Lipinski definition) is 4. The van der Waals surface area contributed by atoms with E-state index in [-0.39, 0.29) is 24.0 Å². The Kier molecular flexibility index (Phi) is 8.59. The van der Waals surface area contributed by atoms with Crippen molar-refractivity contribution in [2.45, 2.75) is 26.7 Å². The lowest BCUT2D eigenvalue weighted by Crippen LogP contribution is -2.33. The Labute approximate surface area is 159 Å². The third-order valence-electron chi connectivity index (χ3n) is 3.70. The maximum Gasteiger partial charge on any atom is 0.188 e. The first kappa shape index (κ1) is 20.3. The molecular formula is C17H25IN4O2. The summed E-state index contributed by atoms with van der Waals surface area (Å²) in [7, 11) is 1.66. The third-order valence-corrected chi connectivity index (χ3v) is 3.70. The number of aromatic nitrogens is 1. The van der Waals surface area contributed by atoms with Gasteiger partial charge >= 0.3 is 0 Å². The number of halogens is 1. The van der Waals surface area contributed by atoms with E-state index in [1.54, 1.807) is 7.11 Å². The molecule has 0 atom stereocenters. The molecule has 0 radical (unpaired) electrons. The average molecular weight is 444 g/mol. The lowest BCUT2D eigenvalue weighted by atomic mass is 10.1. The Morgan fingerprint density at radius 2 is 1.96 bits per heavy atom. The van der Waals surface area contributed by atoms with Gasteiger partial charge in [-0.25, -0.2) is 0 Å². The summed E-state index contributed by atoms with van der Waals surface area (Å²) < 4.78 is 10.3. The van der Waals surface area contributed by atoms with Gasteiger partial charge < -0.3 is 20.3 Å². The van der Waals surface area contributed by atoms with Gasteiger partial charge in [0.15, 0.2) is 5.96 Å². The number of methoxy groups -OCH3 is 1. The second-order valence-corrected chi connectivity index (χ2v) is 5.34. The average Bonchev–Trinajstić information content (AvgIpc) is 2.87. The summed E-state index contributed by atoms with van der Waals surface area (Å²) in [5.74, 6) is 2.18. The summed E-state index contributed by atoms with van der Waals surface area (Å²) in [4.78, 5) is 4.33. The van der Waals surface area contributed by atoms with Crippen LogP contribution in [0.4, 0.5) is 0 Å². The molecule has 0 saturated heterocycles. The first-order chi connectivity index (χ1) is 11.1. The van der Waals surface area contributed by atoms with E-state index in [4.69, 9.17) is 15.0 Å². The number of guanidine groups is 1. The van der Waals surface area contributed by atoms with E-state index < -0.39 is 0 Å². The van der Waals surface area contributed by atoms with E-state index in [1.807, 2.05) is 38.1 Å². The molecule has 7 heteroatoms. The van der Waals surface area contributed by atoms with Crippen LogP contribution in [0.2, 0.25) is 0 Å². The van der Waals surface area contributed by atoms with Gasteiger partial charge in [-0.3, -0.25) is 4.99 Å². The lowest BCUT2D eigenvalue weighted by molar-refractivity contribution is 0.392. The van der Waals surface area contributed by atoms with Gasteiger partial charge in [0.1, 0.15) is 11.5 Å². The van der Waals surface area contributed by atoms with Crippen LogP contribution in [0.3, 0.4) is 0 Å². The highest BCUT2D eigenvalue weighted by Crippen LogP contribution is 2.13. The highest BCUT2D eigenvalue weighted by Gasteiger charge is 2.07. The SMILES string of the molecule is COc1ccc(CCNC(N)=NCCc2c(C)noc2C)cc1.I. The predicted molar refractivity (Wildman–Crippen MR) is 106 cm³/mol. The van der Waals surface area contributed by atoms with Gasteiger partial charge in [0.2, 0.25) is 0 Å². The van der Waals surface area contributed by atoms with Gasteiger partial charge in [-0.2, -0.15) is 0 Å². The molecule has 24 heavy (non-hydrogen) atoms. The minimum Gasteiger partial charge on any atom is -0.497 e. The van der Waals surface area contributed by atoms with Crippen molar-refractivity contribution in [2.24, 2.45) is 10.7 Å². The fourth-order valence-corrected chi connectivity index (χ4v) is 2.33. The van der Waals surface area contributed by atoms with Gasteiger partial charge in [0.05, 0.1) is 12.8 Å². The highest BCUT2D eigenvalue weighted by molar-refractivity contribution is 14.0.